The fourth-order valence-corrected chi connectivity index (χ4v) is 6.08. The van der Waals surface area contributed by atoms with Gasteiger partial charge in [0.05, 0.1) is 19.3 Å². The highest BCUT2D eigenvalue weighted by atomic mass is 35.5. The van der Waals surface area contributed by atoms with Crippen LogP contribution in [0.25, 0.3) is 0 Å². The van der Waals surface area contributed by atoms with Gasteiger partial charge in [0.2, 0.25) is 0 Å². The molecular weight excluding hydrogens is 477 g/mol. The molecule has 1 N–H and O–H groups in total. The van der Waals surface area contributed by atoms with E-state index in [0.29, 0.717) is 40.0 Å². The number of hydrogen-bond donors (Lipinski definition) is 1. The van der Waals surface area contributed by atoms with Crippen LogP contribution in [0.2, 0.25) is 5.02 Å². The fourth-order valence-electron chi connectivity index (χ4n) is 4.43. The molecule has 3 amide bonds. The molecule has 5 rings (SSSR count). The number of amides is 3. The number of anilines is 2. The lowest BCUT2D eigenvalue weighted by atomic mass is 10.1. The highest BCUT2D eigenvalue weighted by Crippen LogP contribution is 2.55. The number of urea groups is 1. The number of nitrogens with one attached hydrogen (secondary N) is 1. The van der Waals surface area contributed by atoms with Crippen LogP contribution in [-0.4, -0.2) is 36.2 Å². The summed E-state index contributed by atoms with van der Waals surface area (Å²) >= 11 is 7.79. The third-order valence-electron chi connectivity index (χ3n) is 6.01. The molecule has 34 heavy (non-hydrogen) atoms. The zero-order valence-corrected chi connectivity index (χ0v) is 19.8. The summed E-state index contributed by atoms with van der Waals surface area (Å²) in [6.45, 7) is 0.619. The minimum atomic E-state index is -1.26. The van der Waals surface area contributed by atoms with Crippen LogP contribution in [0.3, 0.4) is 0 Å². The van der Waals surface area contributed by atoms with Gasteiger partial charge in [-0.25, -0.2) is 9.18 Å². The summed E-state index contributed by atoms with van der Waals surface area (Å²) in [5.41, 5.74) is 2.50. The quantitative estimate of drug-likeness (QED) is 0.519. The second-order valence-corrected chi connectivity index (χ2v) is 9.65. The zero-order valence-electron chi connectivity index (χ0n) is 18.3. The molecule has 2 aliphatic heterocycles. The van der Waals surface area contributed by atoms with Crippen molar-refractivity contribution in [3.63, 3.8) is 0 Å². The van der Waals surface area contributed by atoms with Crippen molar-refractivity contribution in [2.24, 2.45) is 0 Å². The Labute approximate surface area is 205 Å². The predicted octanol–water partition coefficient (Wildman–Crippen LogP) is 5.47. The van der Waals surface area contributed by atoms with Gasteiger partial charge in [0.25, 0.3) is 5.91 Å². The monoisotopic (exact) mass is 497 g/mol. The van der Waals surface area contributed by atoms with Gasteiger partial charge >= 0.3 is 6.03 Å². The number of fused-ring (bicyclic) bond motifs is 2. The summed E-state index contributed by atoms with van der Waals surface area (Å²) in [7, 11) is 1.56. The first-order valence-corrected chi connectivity index (χ1v) is 12.0. The van der Waals surface area contributed by atoms with Crippen LogP contribution in [0.15, 0.2) is 66.7 Å². The molecule has 174 valence electrons. The molecule has 2 heterocycles. The van der Waals surface area contributed by atoms with Crippen LogP contribution >= 0.6 is 23.4 Å². The van der Waals surface area contributed by atoms with E-state index in [1.54, 1.807) is 36.3 Å². The van der Waals surface area contributed by atoms with Crippen molar-refractivity contribution < 1.29 is 18.7 Å². The maximum atomic E-state index is 14.1. The van der Waals surface area contributed by atoms with Crippen molar-refractivity contribution in [3.8, 4) is 5.75 Å². The van der Waals surface area contributed by atoms with E-state index in [2.05, 4.69) is 5.32 Å². The summed E-state index contributed by atoms with van der Waals surface area (Å²) in [6, 6.07) is 18.0. The van der Waals surface area contributed by atoms with E-state index in [1.807, 2.05) is 24.3 Å². The Morgan fingerprint density at radius 2 is 2.00 bits per heavy atom. The van der Waals surface area contributed by atoms with Crippen LogP contribution in [-0.2, 0) is 16.2 Å². The minimum absolute atomic E-state index is 0.229. The topological polar surface area (TPSA) is 61.9 Å². The first-order valence-electron chi connectivity index (χ1n) is 10.7. The predicted molar refractivity (Wildman–Crippen MR) is 132 cm³/mol. The molecule has 1 spiro atoms. The number of methoxy groups -OCH3 is 1. The maximum Gasteiger partial charge on any atom is 0.323 e. The third kappa shape index (κ3) is 3.67. The normalized spacial score (nSPS) is 19.0. The highest BCUT2D eigenvalue weighted by Gasteiger charge is 2.59. The number of carbonyl (C=O) groups excluding carboxylic acids is 2. The Morgan fingerprint density at radius 1 is 1.18 bits per heavy atom. The highest BCUT2D eigenvalue weighted by molar-refractivity contribution is 8.01. The van der Waals surface area contributed by atoms with Gasteiger partial charge in [0.1, 0.15) is 11.6 Å². The Hall–Kier alpha value is -3.23. The Bertz CT molecular complexity index is 1290. The molecule has 0 bridgehead atoms. The van der Waals surface area contributed by atoms with Gasteiger partial charge in [-0.1, -0.05) is 35.9 Å². The number of nitrogens with zero attached hydrogens (tertiary/aromatic N) is 2. The molecule has 0 aliphatic carbocycles. The van der Waals surface area contributed by atoms with Crippen molar-refractivity contribution in [2.75, 3.05) is 29.6 Å². The molecule has 9 heteroatoms. The van der Waals surface area contributed by atoms with Gasteiger partial charge < -0.3 is 15.0 Å². The number of carbonyl (C=O) groups is 2. The second kappa shape index (κ2) is 8.85. The van der Waals surface area contributed by atoms with E-state index in [4.69, 9.17) is 16.3 Å². The molecule has 0 aromatic heterocycles. The van der Waals surface area contributed by atoms with E-state index < -0.39 is 16.7 Å². The molecule has 6 nitrogen and oxygen atoms in total. The van der Waals surface area contributed by atoms with Gasteiger partial charge in [-0.15, -0.1) is 11.8 Å². The summed E-state index contributed by atoms with van der Waals surface area (Å²) in [5, 5.41) is 3.30. The zero-order chi connectivity index (χ0) is 23.9. The average Bonchev–Trinajstić information content (AvgIpc) is 3.37. The molecule has 2 aliphatic rings. The van der Waals surface area contributed by atoms with Gasteiger partial charge in [-0.05, 0) is 48.0 Å². The Balaban J connectivity index is 1.56. The van der Waals surface area contributed by atoms with E-state index in [9.17, 15) is 14.0 Å². The summed E-state index contributed by atoms with van der Waals surface area (Å²) < 4.78 is 19.1. The number of benzene rings is 3. The van der Waals surface area contributed by atoms with Crippen molar-refractivity contribution in [3.05, 3.63) is 88.7 Å². The van der Waals surface area contributed by atoms with Crippen LogP contribution in [0.4, 0.5) is 20.6 Å². The molecule has 3 aromatic rings. The molecule has 3 aromatic carbocycles. The van der Waals surface area contributed by atoms with E-state index in [1.165, 1.54) is 34.9 Å². The molecule has 0 radical (unpaired) electrons. The Kier molecular flexibility index (Phi) is 5.87. The molecular formula is C25H21ClFN3O3S. The van der Waals surface area contributed by atoms with Gasteiger partial charge in [-0.2, -0.15) is 0 Å². The molecule has 0 saturated carbocycles. The van der Waals surface area contributed by atoms with Crippen LogP contribution in [0.1, 0.15) is 11.1 Å². The first kappa shape index (κ1) is 22.6. The molecule has 1 fully saturated rings. The van der Waals surface area contributed by atoms with E-state index >= 15 is 0 Å². The van der Waals surface area contributed by atoms with E-state index in [-0.39, 0.29) is 12.5 Å². The molecule has 1 unspecified atom stereocenters. The molecule has 1 atom stereocenters. The van der Waals surface area contributed by atoms with Crippen molar-refractivity contribution in [1.29, 1.82) is 0 Å². The fraction of sp³-hybridized carbons (Fsp3) is 0.200. The summed E-state index contributed by atoms with van der Waals surface area (Å²) in [4.78, 5) is 29.4. The van der Waals surface area contributed by atoms with Gasteiger partial charge in [0.15, 0.2) is 4.87 Å². The number of thioether (sulfide) groups is 1. The molecule has 1 saturated heterocycles. The maximum absolute atomic E-state index is 14.1. The van der Waals surface area contributed by atoms with Crippen molar-refractivity contribution in [1.82, 2.24) is 4.90 Å². The minimum Gasteiger partial charge on any atom is -0.497 e. The largest absolute Gasteiger partial charge is 0.497 e. The van der Waals surface area contributed by atoms with Crippen molar-refractivity contribution >= 4 is 46.7 Å². The van der Waals surface area contributed by atoms with Crippen LogP contribution in [0.5, 0.6) is 5.75 Å². The van der Waals surface area contributed by atoms with E-state index in [0.717, 1.165) is 5.56 Å². The van der Waals surface area contributed by atoms with Crippen LogP contribution < -0.4 is 15.0 Å². The summed E-state index contributed by atoms with van der Waals surface area (Å²) in [5.74, 6) is 0.469. The van der Waals surface area contributed by atoms with Gasteiger partial charge in [-0.3, -0.25) is 9.69 Å². The van der Waals surface area contributed by atoms with Crippen LogP contribution in [0, 0.1) is 5.82 Å². The number of hydrogen-bond acceptors (Lipinski definition) is 4. The first-order chi connectivity index (χ1) is 16.4. The summed E-state index contributed by atoms with van der Waals surface area (Å²) in [6.07, 6.45) is 0. The number of rotatable bonds is 4. The SMILES string of the molecule is COc1ccc2c(c1)C1(SCCN1C(=O)Nc1cccc(F)c1)C(=O)N2Cc1ccccc1Cl. The average molecular weight is 498 g/mol. The van der Waals surface area contributed by atoms with Crippen molar-refractivity contribution in [2.45, 2.75) is 11.4 Å². The lowest BCUT2D eigenvalue weighted by Gasteiger charge is -2.33. The smallest absolute Gasteiger partial charge is 0.323 e. The number of halogens is 2. The lowest BCUT2D eigenvalue weighted by Crippen LogP contribution is -2.51. The van der Waals surface area contributed by atoms with Gasteiger partial charge in [0, 0.05) is 28.6 Å². The number of ether oxygens (including phenoxy) is 1. The third-order valence-corrected chi connectivity index (χ3v) is 7.80. The lowest BCUT2D eigenvalue weighted by molar-refractivity contribution is -0.123. The Morgan fingerprint density at radius 3 is 2.76 bits per heavy atom. The second-order valence-electron chi connectivity index (χ2n) is 7.95. The standard InChI is InChI=1S/C25H21ClFN3O3S/c1-33-19-9-10-22-20(14-19)25(23(31)29(22)15-16-5-2-3-8-21(16)26)30(11-12-34-25)24(32)28-18-7-4-6-17(27)13-18/h2-10,13-14H,11-12,15H2,1H3,(H,28,32).